The molecule has 0 atom stereocenters. The Hall–Kier alpha value is -3.20. The van der Waals surface area contributed by atoms with Gasteiger partial charge in [0.15, 0.2) is 6.61 Å². The third-order valence-electron chi connectivity index (χ3n) is 4.79. The molecule has 1 fully saturated rings. The third kappa shape index (κ3) is 5.44. The first kappa shape index (κ1) is 21.5. The van der Waals surface area contributed by atoms with Gasteiger partial charge in [-0.1, -0.05) is 24.3 Å². The number of hydrogen-bond acceptors (Lipinski definition) is 6. The number of carbonyl (C=O) groups excluding carboxylic acids is 4. The Balaban J connectivity index is 1.37. The van der Waals surface area contributed by atoms with Gasteiger partial charge in [0.1, 0.15) is 6.54 Å². The Bertz CT molecular complexity index is 920. The van der Waals surface area contributed by atoms with E-state index in [2.05, 4.69) is 5.32 Å². The molecule has 1 N–H and O–H groups in total. The van der Waals surface area contributed by atoms with Crippen molar-refractivity contribution in [2.24, 2.45) is 0 Å². The molecule has 0 spiro atoms. The van der Waals surface area contributed by atoms with Gasteiger partial charge in [0.05, 0.1) is 4.88 Å². The average Bonchev–Trinajstić information content (AvgIpc) is 3.30. The maximum absolute atomic E-state index is 12.3. The van der Waals surface area contributed by atoms with Crippen molar-refractivity contribution in [2.45, 2.75) is 6.92 Å². The van der Waals surface area contributed by atoms with Crippen molar-refractivity contribution in [1.29, 1.82) is 0 Å². The lowest BCUT2D eigenvalue weighted by molar-refractivity contribution is -0.151. The van der Waals surface area contributed by atoms with E-state index in [4.69, 9.17) is 4.74 Å². The van der Waals surface area contributed by atoms with Crippen molar-refractivity contribution in [3.8, 4) is 0 Å². The lowest BCUT2D eigenvalue weighted by Gasteiger charge is -2.34. The van der Waals surface area contributed by atoms with Crippen LogP contribution in [0.2, 0.25) is 0 Å². The van der Waals surface area contributed by atoms with Crippen LogP contribution in [0.25, 0.3) is 0 Å². The highest BCUT2D eigenvalue weighted by Gasteiger charge is 2.25. The third-order valence-corrected chi connectivity index (χ3v) is 5.65. The molecule has 0 radical (unpaired) electrons. The normalized spacial score (nSPS) is 13.6. The van der Waals surface area contributed by atoms with Crippen molar-refractivity contribution in [2.75, 3.05) is 39.3 Å². The Morgan fingerprint density at radius 1 is 1.00 bits per heavy atom. The number of hydrogen-bond donors (Lipinski definition) is 1. The topological polar surface area (TPSA) is 96.0 Å². The number of ether oxygens (including phenoxy) is 1. The molecule has 30 heavy (non-hydrogen) atoms. The second kappa shape index (κ2) is 10.0. The molecule has 1 aliphatic heterocycles. The minimum Gasteiger partial charge on any atom is -0.454 e. The molecule has 1 aliphatic rings. The summed E-state index contributed by atoms with van der Waals surface area (Å²) in [6, 6.07) is 10.6. The van der Waals surface area contributed by atoms with Crippen molar-refractivity contribution >= 4 is 35.0 Å². The summed E-state index contributed by atoms with van der Waals surface area (Å²) in [6.07, 6.45) is 0. The minimum absolute atomic E-state index is 0.0343. The Morgan fingerprint density at radius 3 is 2.37 bits per heavy atom. The zero-order valence-corrected chi connectivity index (χ0v) is 17.4. The first-order chi connectivity index (χ1) is 14.5. The highest BCUT2D eigenvalue weighted by Crippen LogP contribution is 2.14. The van der Waals surface area contributed by atoms with E-state index in [1.165, 1.54) is 11.3 Å². The zero-order valence-electron chi connectivity index (χ0n) is 16.6. The maximum Gasteiger partial charge on any atom is 0.325 e. The largest absolute Gasteiger partial charge is 0.454 e. The average molecular weight is 429 g/mol. The number of carbonyl (C=O) groups is 4. The summed E-state index contributed by atoms with van der Waals surface area (Å²) in [5.74, 6) is -1.41. The van der Waals surface area contributed by atoms with Crippen LogP contribution in [0.3, 0.4) is 0 Å². The van der Waals surface area contributed by atoms with Crippen LogP contribution < -0.4 is 5.32 Å². The fraction of sp³-hybridized carbons (Fsp3) is 0.333. The lowest BCUT2D eigenvalue weighted by Crippen LogP contribution is -2.51. The standard InChI is InChI=1S/C21H23N3O5S/c1-15-5-2-3-6-16(15)20(27)22-13-19(26)29-14-18(25)23-8-10-24(11-9-23)21(28)17-7-4-12-30-17/h2-7,12H,8-11,13-14H2,1H3,(H,22,27). The predicted octanol–water partition coefficient (Wildman–Crippen LogP) is 1.31. The van der Waals surface area contributed by atoms with Gasteiger partial charge in [0, 0.05) is 31.7 Å². The summed E-state index contributed by atoms with van der Waals surface area (Å²) in [5.41, 5.74) is 1.28. The number of benzene rings is 1. The first-order valence-electron chi connectivity index (χ1n) is 9.55. The van der Waals surface area contributed by atoms with Gasteiger partial charge < -0.3 is 19.9 Å². The summed E-state index contributed by atoms with van der Waals surface area (Å²) >= 11 is 1.39. The zero-order chi connectivity index (χ0) is 21.5. The second-order valence-corrected chi connectivity index (χ2v) is 7.76. The molecule has 0 aliphatic carbocycles. The Kier molecular flexibility index (Phi) is 7.18. The highest BCUT2D eigenvalue weighted by atomic mass is 32.1. The monoisotopic (exact) mass is 429 g/mol. The van der Waals surface area contributed by atoms with Gasteiger partial charge >= 0.3 is 5.97 Å². The molecular formula is C21H23N3O5S. The molecular weight excluding hydrogens is 406 g/mol. The predicted molar refractivity (Wildman–Crippen MR) is 111 cm³/mol. The molecule has 2 heterocycles. The fourth-order valence-corrected chi connectivity index (χ4v) is 3.77. The van der Waals surface area contributed by atoms with E-state index in [0.29, 0.717) is 36.6 Å². The summed E-state index contributed by atoms with van der Waals surface area (Å²) in [6.45, 7) is 2.74. The number of piperazine rings is 1. The SMILES string of the molecule is Cc1ccccc1C(=O)NCC(=O)OCC(=O)N1CCN(C(=O)c2cccs2)CC1. The second-order valence-electron chi connectivity index (χ2n) is 6.81. The number of nitrogens with one attached hydrogen (secondary N) is 1. The number of rotatable bonds is 6. The lowest BCUT2D eigenvalue weighted by atomic mass is 10.1. The Labute approximate surface area is 178 Å². The van der Waals surface area contributed by atoms with Gasteiger partial charge in [-0.05, 0) is 30.0 Å². The van der Waals surface area contributed by atoms with Gasteiger partial charge in [0.2, 0.25) is 0 Å². The van der Waals surface area contributed by atoms with Crippen molar-refractivity contribution in [1.82, 2.24) is 15.1 Å². The van der Waals surface area contributed by atoms with E-state index in [-0.39, 0.29) is 24.3 Å². The fourth-order valence-electron chi connectivity index (χ4n) is 3.07. The number of nitrogens with zero attached hydrogens (tertiary/aromatic N) is 2. The van der Waals surface area contributed by atoms with Crippen LogP contribution >= 0.6 is 11.3 Å². The van der Waals surface area contributed by atoms with E-state index in [0.717, 1.165) is 5.56 Å². The molecule has 8 nitrogen and oxygen atoms in total. The van der Waals surface area contributed by atoms with Gasteiger partial charge in [-0.2, -0.15) is 0 Å². The molecule has 9 heteroatoms. The van der Waals surface area contributed by atoms with Gasteiger partial charge in [-0.3, -0.25) is 19.2 Å². The van der Waals surface area contributed by atoms with Crippen LogP contribution in [0.5, 0.6) is 0 Å². The Morgan fingerprint density at radius 2 is 1.70 bits per heavy atom. The quantitative estimate of drug-likeness (QED) is 0.699. The van der Waals surface area contributed by atoms with Crippen molar-refractivity contribution in [3.63, 3.8) is 0 Å². The van der Waals surface area contributed by atoms with Crippen LogP contribution in [-0.4, -0.2) is 72.8 Å². The van der Waals surface area contributed by atoms with Gasteiger partial charge in [-0.25, -0.2) is 0 Å². The highest BCUT2D eigenvalue weighted by molar-refractivity contribution is 7.12. The molecule has 1 aromatic heterocycles. The van der Waals surface area contributed by atoms with Gasteiger partial charge in [-0.15, -0.1) is 11.3 Å². The molecule has 0 bridgehead atoms. The van der Waals surface area contributed by atoms with E-state index >= 15 is 0 Å². The number of aryl methyl sites for hydroxylation is 1. The summed E-state index contributed by atoms with van der Waals surface area (Å²) in [4.78, 5) is 52.5. The van der Waals surface area contributed by atoms with Crippen LogP contribution in [0, 0.1) is 6.92 Å². The number of esters is 1. The molecule has 3 amide bonds. The molecule has 0 unspecified atom stereocenters. The van der Waals surface area contributed by atoms with E-state index < -0.39 is 12.6 Å². The van der Waals surface area contributed by atoms with Crippen LogP contribution in [-0.2, 0) is 14.3 Å². The molecule has 2 aromatic rings. The molecule has 0 saturated carbocycles. The maximum atomic E-state index is 12.3. The van der Waals surface area contributed by atoms with Crippen LogP contribution in [0.4, 0.5) is 0 Å². The summed E-state index contributed by atoms with van der Waals surface area (Å²) < 4.78 is 4.98. The first-order valence-corrected chi connectivity index (χ1v) is 10.4. The number of thiophene rings is 1. The van der Waals surface area contributed by atoms with Crippen molar-refractivity contribution in [3.05, 3.63) is 57.8 Å². The smallest absolute Gasteiger partial charge is 0.325 e. The molecule has 1 saturated heterocycles. The van der Waals surface area contributed by atoms with Crippen molar-refractivity contribution < 1.29 is 23.9 Å². The van der Waals surface area contributed by atoms with Gasteiger partial charge in [0.25, 0.3) is 17.7 Å². The van der Waals surface area contributed by atoms with E-state index in [9.17, 15) is 19.2 Å². The molecule has 3 rings (SSSR count). The summed E-state index contributed by atoms with van der Waals surface area (Å²) in [5, 5.41) is 4.34. The molecule has 158 valence electrons. The molecule has 1 aromatic carbocycles. The van der Waals surface area contributed by atoms with Crippen LogP contribution in [0.15, 0.2) is 41.8 Å². The van der Waals surface area contributed by atoms with E-state index in [1.807, 2.05) is 17.5 Å². The van der Waals surface area contributed by atoms with E-state index in [1.54, 1.807) is 41.0 Å². The minimum atomic E-state index is -0.684. The summed E-state index contributed by atoms with van der Waals surface area (Å²) in [7, 11) is 0. The van der Waals surface area contributed by atoms with Crippen LogP contribution in [0.1, 0.15) is 25.6 Å². The number of amides is 3.